The lowest BCUT2D eigenvalue weighted by Gasteiger charge is -2.35. The van der Waals surface area contributed by atoms with Crippen molar-refractivity contribution in [3.8, 4) is 10.4 Å². The zero-order valence-corrected chi connectivity index (χ0v) is 16.1. The Morgan fingerprint density at radius 2 is 1.84 bits per heavy atom. The molecule has 0 spiro atoms. The fourth-order valence-electron chi connectivity index (χ4n) is 3.70. The van der Waals surface area contributed by atoms with Crippen LogP contribution in [0.1, 0.15) is 17.7 Å². The second-order valence-corrected chi connectivity index (χ2v) is 8.53. The van der Waals surface area contributed by atoms with Crippen LogP contribution in [0.3, 0.4) is 0 Å². The minimum Gasteiger partial charge on any atom is -0.377 e. The first kappa shape index (κ1) is 17.5. The molecule has 2 fully saturated rings. The topological polar surface area (TPSA) is 15.7 Å². The molecule has 3 nitrogen and oxygen atoms in total. The van der Waals surface area contributed by atoms with Gasteiger partial charge in [0.2, 0.25) is 0 Å². The quantitative estimate of drug-likeness (QED) is 0.770. The fourth-order valence-corrected chi connectivity index (χ4v) is 5.08. The van der Waals surface area contributed by atoms with Gasteiger partial charge in [0.25, 0.3) is 0 Å². The molecule has 2 aliphatic heterocycles. The highest BCUT2D eigenvalue weighted by Gasteiger charge is 2.23. The zero-order valence-electron chi connectivity index (χ0n) is 14.5. The smallest absolute Gasteiger partial charge is 0.0702 e. The maximum atomic E-state index is 6.33. The predicted octanol–water partition coefficient (Wildman–Crippen LogP) is 4.37. The van der Waals surface area contributed by atoms with Crippen LogP contribution in [-0.2, 0) is 11.3 Å². The Hall–Kier alpha value is -0.910. The Morgan fingerprint density at radius 3 is 2.60 bits per heavy atom. The van der Waals surface area contributed by atoms with Gasteiger partial charge in [-0.05, 0) is 31.0 Å². The molecule has 0 N–H and O–H groups in total. The van der Waals surface area contributed by atoms with Crippen LogP contribution in [0.15, 0.2) is 36.4 Å². The number of rotatable bonds is 5. The van der Waals surface area contributed by atoms with Gasteiger partial charge in [-0.15, -0.1) is 11.3 Å². The third-order valence-electron chi connectivity index (χ3n) is 5.13. The Kier molecular flexibility index (Phi) is 5.73. The number of benzene rings is 1. The van der Waals surface area contributed by atoms with Crippen molar-refractivity contribution in [2.45, 2.75) is 25.5 Å². The minimum absolute atomic E-state index is 0.474. The summed E-state index contributed by atoms with van der Waals surface area (Å²) in [5, 5.41) is 0.832. The average Bonchev–Trinajstić information content (AvgIpc) is 3.29. The van der Waals surface area contributed by atoms with Crippen molar-refractivity contribution in [3.05, 3.63) is 46.3 Å². The molecule has 25 heavy (non-hydrogen) atoms. The van der Waals surface area contributed by atoms with Gasteiger partial charge in [-0.3, -0.25) is 9.80 Å². The van der Waals surface area contributed by atoms with Gasteiger partial charge in [0.05, 0.1) is 6.10 Å². The van der Waals surface area contributed by atoms with Gasteiger partial charge >= 0.3 is 0 Å². The van der Waals surface area contributed by atoms with Gasteiger partial charge in [-0.25, -0.2) is 0 Å². The molecule has 134 valence electrons. The molecule has 1 aromatic carbocycles. The zero-order chi connectivity index (χ0) is 17.1. The molecule has 5 heteroatoms. The van der Waals surface area contributed by atoms with Crippen molar-refractivity contribution in [2.75, 3.05) is 39.3 Å². The van der Waals surface area contributed by atoms with E-state index in [0.29, 0.717) is 6.10 Å². The van der Waals surface area contributed by atoms with Crippen LogP contribution < -0.4 is 0 Å². The molecular formula is C20H25ClN2OS. The molecule has 0 bridgehead atoms. The van der Waals surface area contributed by atoms with E-state index in [1.165, 1.54) is 22.6 Å². The Morgan fingerprint density at radius 1 is 1.04 bits per heavy atom. The maximum Gasteiger partial charge on any atom is 0.0702 e. The number of hydrogen-bond donors (Lipinski definition) is 0. The first-order valence-electron chi connectivity index (χ1n) is 9.18. The van der Waals surface area contributed by atoms with Gasteiger partial charge < -0.3 is 4.74 Å². The molecule has 0 unspecified atom stereocenters. The molecular weight excluding hydrogens is 352 g/mol. The monoisotopic (exact) mass is 376 g/mol. The van der Waals surface area contributed by atoms with Crippen LogP contribution in [0, 0.1) is 0 Å². The second kappa shape index (κ2) is 8.19. The summed E-state index contributed by atoms with van der Waals surface area (Å²) in [6.07, 6.45) is 2.94. The third-order valence-corrected chi connectivity index (χ3v) is 6.56. The summed E-state index contributed by atoms with van der Waals surface area (Å²) >= 11 is 8.19. The molecule has 2 saturated heterocycles. The van der Waals surface area contributed by atoms with Crippen molar-refractivity contribution in [3.63, 3.8) is 0 Å². The number of thiophene rings is 1. The second-order valence-electron chi connectivity index (χ2n) is 6.96. The molecule has 1 atom stereocenters. The number of nitrogens with zero attached hydrogens (tertiary/aromatic N) is 2. The summed E-state index contributed by atoms with van der Waals surface area (Å²) in [4.78, 5) is 7.81. The van der Waals surface area contributed by atoms with Crippen molar-refractivity contribution in [2.24, 2.45) is 0 Å². The predicted molar refractivity (Wildman–Crippen MR) is 105 cm³/mol. The van der Waals surface area contributed by atoms with E-state index in [0.717, 1.165) is 56.5 Å². The van der Waals surface area contributed by atoms with Gasteiger partial charge in [-0.2, -0.15) is 0 Å². The normalized spacial score (nSPS) is 22.5. The summed E-state index contributed by atoms with van der Waals surface area (Å²) in [6.45, 7) is 7.71. The SMILES string of the molecule is Clc1ccccc1-c1ccc(CN2CCN(C[C@@H]3CCCO3)CC2)s1. The molecule has 4 rings (SSSR count). The summed E-state index contributed by atoms with van der Waals surface area (Å²) in [5.41, 5.74) is 1.14. The summed E-state index contributed by atoms with van der Waals surface area (Å²) in [6, 6.07) is 12.5. The van der Waals surface area contributed by atoms with Gasteiger partial charge in [-0.1, -0.05) is 29.8 Å². The Balaban J connectivity index is 1.29. The molecule has 3 heterocycles. The van der Waals surface area contributed by atoms with E-state index in [9.17, 15) is 0 Å². The van der Waals surface area contributed by atoms with Gasteiger partial charge in [0, 0.05) is 66.2 Å². The molecule has 0 radical (unpaired) electrons. The first-order chi connectivity index (χ1) is 12.3. The number of halogens is 1. The van der Waals surface area contributed by atoms with Gasteiger partial charge in [0.15, 0.2) is 0 Å². The molecule has 0 aliphatic carbocycles. The highest BCUT2D eigenvalue weighted by molar-refractivity contribution is 7.15. The van der Waals surface area contributed by atoms with Crippen LogP contribution in [0.2, 0.25) is 5.02 Å². The standard InChI is InChI=1S/C20H25ClN2OS/c21-19-6-2-1-5-18(19)20-8-7-17(25-20)15-23-11-9-22(10-12-23)14-16-4-3-13-24-16/h1-2,5-8,16H,3-4,9-15H2/t16-/m0/s1. The van der Waals surface area contributed by atoms with Crippen molar-refractivity contribution in [1.82, 2.24) is 9.80 Å². The molecule has 0 saturated carbocycles. The Bertz CT molecular complexity index is 691. The highest BCUT2D eigenvalue weighted by atomic mass is 35.5. The van der Waals surface area contributed by atoms with Crippen LogP contribution >= 0.6 is 22.9 Å². The molecule has 1 aromatic heterocycles. The summed E-state index contributed by atoms with van der Waals surface area (Å²) in [5.74, 6) is 0. The highest BCUT2D eigenvalue weighted by Crippen LogP contribution is 2.33. The van der Waals surface area contributed by atoms with Crippen LogP contribution in [0.5, 0.6) is 0 Å². The van der Waals surface area contributed by atoms with Gasteiger partial charge in [0.1, 0.15) is 0 Å². The van der Waals surface area contributed by atoms with Crippen molar-refractivity contribution in [1.29, 1.82) is 0 Å². The largest absolute Gasteiger partial charge is 0.377 e. The van der Waals surface area contributed by atoms with E-state index in [2.05, 4.69) is 28.0 Å². The average molecular weight is 377 g/mol. The lowest BCUT2D eigenvalue weighted by Crippen LogP contribution is -2.47. The van der Waals surface area contributed by atoms with E-state index in [4.69, 9.17) is 16.3 Å². The number of hydrogen-bond acceptors (Lipinski definition) is 4. The van der Waals surface area contributed by atoms with Crippen molar-refractivity contribution < 1.29 is 4.74 Å². The van der Waals surface area contributed by atoms with E-state index < -0.39 is 0 Å². The fraction of sp³-hybridized carbons (Fsp3) is 0.500. The third kappa shape index (κ3) is 4.44. The Labute approximate surface area is 159 Å². The van der Waals surface area contributed by atoms with Crippen LogP contribution in [0.4, 0.5) is 0 Å². The lowest BCUT2D eigenvalue weighted by molar-refractivity contribution is 0.0491. The van der Waals surface area contributed by atoms with Crippen LogP contribution in [-0.4, -0.2) is 55.2 Å². The molecule has 2 aliphatic rings. The minimum atomic E-state index is 0.474. The lowest BCUT2D eigenvalue weighted by atomic mass is 10.2. The van der Waals surface area contributed by atoms with E-state index in [1.807, 2.05) is 29.5 Å². The maximum absolute atomic E-state index is 6.33. The molecule has 2 aromatic rings. The van der Waals surface area contributed by atoms with Crippen molar-refractivity contribution >= 4 is 22.9 Å². The van der Waals surface area contributed by atoms with E-state index in [1.54, 1.807) is 0 Å². The molecule has 0 amide bonds. The summed E-state index contributed by atoms with van der Waals surface area (Å²) < 4.78 is 5.77. The summed E-state index contributed by atoms with van der Waals surface area (Å²) in [7, 11) is 0. The van der Waals surface area contributed by atoms with E-state index in [-0.39, 0.29) is 0 Å². The first-order valence-corrected chi connectivity index (χ1v) is 10.4. The van der Waals surface area contributed by atoms with Crippen LogP contribution in [0.25, 0.3) is 10.4 Å². The number of piperazine rings is 1. The van der Waals surface area contributed by atoms with E-state index >= 15 is 0 Å². The number of ether oxygens (including phenoxy) is 1.